The molecule has 3 rings (SSSR count). The minimum atomic E-state index is -1.07. The fourth-order valence-electron chi connectivity index (χ4n) is 2.93. The molecule has 2 aromatic carbocycles. The van der Waals surface area contributed by atoms with Crippen LogP contribution in [0.15, 0.2) is 44.7 Å². The first kappa shape index (κ1) is 24.2. The van der Waals surface area contributed by atoms with E-state index < -0.39 is 12.1 Å². The van der Waals surface area contributed by atoms with E-state index in [1.54, 1.807) is 30.5 Å². The summed E-state index contributed by atoms with van der Waals surface area (Å²) in [6.45, 7) is 5.55. The topological polar surface area (TPSA) is 103 Å². The van der Waals surface area contributed by atoms with Gasteiger partial charge in [0.2, 0.25) is 0 Å². The fourth-order valence-corrected chi connectivity index (χ4v) is 4.05. The molecular weight excluding hydrogens is 593 g/mol. The van der Waals surface area contributed by atoms with E-state index in [2.05, 4.69) is 48.6 Å². The maximum absolute atomic E-state index is 13.0. The van der Waals surface area contributed by atoms with Gasteiger partial charge in [-0.25, -0.2) is 9.78 Å². The average Bonchev–Trinajstić information content (AvgIpc) is 2.75. The number of hydrogen-bond donors (Lipinski definition) is 1. The lowest BCUT2D eigenvalue weighted by Crippen LogP contribution is -2.23. The molecule has 0 saturated carbocycles. The Morgan fingerprint density at radius 3 is 2.75 bits per heavy atom. The highest BCUT2D eigenvalue weighted by atomic mass is 127. The van der Waals surface area contributed by atoms with Gasteiger partial charge in [-0.1, -0.05) is 22.9 Å². The van der Waals surface area contributed by atoms with Crippen LogP contribution in [0.25, 0.3) is 10.9 Å². The summed E-state index contributed by atoms with van der Waals surface area (Å²) in [5, 5.41) is 14.0. The number of carbonyl (C=O) groups is 1. The first-order valence-corrected chi connectivity index (χ1v) is 11.7. The Morgan fingerprint density at radius 2 is 2.09 bits per heavy atom. The van der Waals surface area contributed by atoms with Crippen molar-refractivity contribution < 1.29 is 19.4 Å². The smallest absolute Gasteiger partial charge is 0.344 e. The molecule has 32 heavy (non-hydrogen) atoms. The summed E-state index contributed by atoms with van der Waals surface area (Å²) in [6.07, 6.45) is 1.04. The molecule has 1 aromatic heterocycles. The number of rotatable bonds is 8. The lowest BCUT2D eigenvalue weighted by molar-refractivity contribution is -0.144. The first-order chi connectivity index (χ1) is 15.2. The molecule has 0 bridgehead atoms. The van der Waals surface area contributed by atoms with Crippen molar-refractivity contribution in [3.05, 3.63) is 60.1 Å². The minimum absolute atomic E-state index is 0.264. The lowest BCUT2D eigenvalue weighted by atomic mass is 10.2. The van der Waals surface area contributed by atoms with Crippen LogP contribution < -0.4 is 15.0 Å². The molecule has 0 saturated heterocycles. The molecule has 0 fully saturated rings. The predicted molar refractivity (Wildman–Crippen MR) is 134 cm³/mol. The molecule has 0 radical (unpaired) electrons. The number of aliphatic carboxylic acids is 1. The van der Waals surface area contributed by atoms with Crippen molar-refractivity contribution in [2.45, 2.75) is 33.3 Å². The van der Waals surface area contributed by atoms with Gasteiger partial charge in [0.05, 0.1) is 27.3 Å². The maximum atomic E-state index is 13.0. The first-order valence-electron chi connectivity index (χ1n) is 9.86. The van der Waals surface area contributed by atoms with E-state index in [9.17, 15) is 9.59 Å². The van der Waals surface area contributed by atoms with E-state index in [1.807, 2.05) is 19.9 Å². The lowest BCUT2D eigenvalue weighted by Gasteiger charge is -2.17. The van der Waals surface area contributed by atoms with Crippen molar-refractivity contribution >= 4 is 61.6 Å². The third kappa shape index (κ3) is 5.29. The molecule has 3 aromatic rings. The van der Waals surface area contributed by atoms with Crippen LogP contribution in [-0.4, -0.2) is 39.7 Å². The second-order valence-electron chi connectivity index (χ2n) is 6.77. The van der Waals surface area contributed by atoms with Crippen molar-refractivity contribution in [3.8, 4) is 11.5 Å². The van der Waals surface area contributed by atoms with Gasteiger partial charge in [0, 0.05) is 10.9 Å². The van der Waals surface area contributed by atoms with E-state index in [1.165, 1.54) is 11.6 Å². The standard InChI is InChI=1S/C22H21BrIN3O5/c1-4-19-26-17-7-6-14(23)10-15(17)21(28)27(19)25-11-13-8-16(24)20(18(9-13)31-5-2)32-12(3)22(29)30/h6-12H,4-5H2,1-3H3,(H,29,30)/t12-/m1/s1. The molecule has 1 heterocycles. The number of fused-ring (bicyclic) bond motifs is 1. The highest BCUT2D eigenvalue weighted by molar-refractivity contribution is 14.1. The minimum Gasteiger partial charge on any atom is -0.490 e. The maximum Gasteiger partial charge on any atom is 0.344 e. The normalized spacial score (nSPS) is 12.3. The van der Waals surface area contributed by atoms with E-state index >= 15 is 0 Å². The van der Waals surface area contributed by atoms with Gasteiger partial charge in [-0.2, -0.15) is 9.78 Å². The van der Waals surface area contributed by atoms with Crippen LogP contribution in [0.2, 0.25) is 0 Å². The Labute approximate surface area is 206 Å². The van der Waals surface area contributed by atoms with Crippen molar-refractivity contribution in [1.29, 1.82) is 0 Å². The van der Waals surface area contributed by atoms with Gasteiger partial charge in [-0.3, -0.25) is 4.79 Å². The number of aromatic nitrogens is 2. The largest absolute Gasteiger partial charge is 0.490 e. The van der Waals surface area contributed by atoms with Crippen molar-refractivity contribution in [3.63, 3.8) is 0 Å². The van der Waals surface area contributed by atoms with Gasteiger partial charge >= 0.3 is 5.97 Å². The molecule has 0 aliphatic heterocycles. The Morgan fingerprint density at radius 1 is 1.34 bits per heavy atom. The van der Waals surface area contributed by atoms with Gasteiger partial charge in [-0.05, 0) is 72.3 Å². The molecule has 0 unspecified atom stereocenters. The Bertz CT molecular complexity index is 1260. The number of halogens is 2. The summed E-state index contributed by atoms with van der Waals surface area (Å²) in [5.41, 5.74) is 1.01. The summed E-state index contributed by atoms with van der Waals surface area (Å²) in [7, 11) is 0. The van der Waals surface area contributed by atoms with Crippen LogP contribution in [0.1, 0.15) is 32.2 Å². The molecule has 0 amide bonds. The Hall–Kier alpha value is -2.47. The number of hydrogen-bond acceptors (Lipinski definition) is 6. The van der Waals surface area contributed by atoms with Crippen LogP contribution in [0.3, 0.4) is 0 Å². The molecule has 168 valence electrons. The second-order valence-corrected chi connectivity index (χ2v) is 8.84. The number of carboxylic acids is 1. The number of ether oxygens (including phenoxy) is 2. The monoisotopic (exact) mass is 613 g/mol. The highest BCUT2D eigenvalue weighted by Gasteiger charge is 2.19. The highest BCUT2D eigenvalue weighted by Crippen LogP contribution is 2.34. The van der Waals surface area contributed by atoms with Gasteiger partial charge < -0.3 is 14.6 Å². The van der Waals surface area contributed by atoms with Gasteiger partial charge in [0.15, 0.2) is 17.6 Å². The van der Waals surface area contributed by atoms with Crippen molar-refractivity contribution in [2.75, 3.05) is 6.61 Å². The Balaban J connectivity index is 2.06. The second kappa shape index (κ2) is 10.4. The van der Waals surface area contributed by atoms with Crippen LogP contribution in [0.4, 0.5) is 0 Å². The fraction of sp³-hybridized carbons (Fsp3) is 0.273. The molecule has 1 atom stereocenters. The number of aryl methyl sites for hydroxylation is 1. The molecule has 0 aliphatic carbocycles. The molecular formula is C22H21BrIN3O5. The summed E-state index contributed by atoms with van der Waals surface area (Å²) >= 11 is 5.44. The van der Waals surface area contributed by atoms with Crippen molar-refractivity contribution in [2.24, 2.45) is 5.10 Å². The van der Waals surface area contributed by atoms with Crippen LogP contribution in [0, 0.1) is 3.57 Å². The summed E-state index contributed by atoms with van der Waals surface area (Å²) in [5.74, 6) is 0.215. The van der Waals surface area contributed by atoms with E-state index in [4.69, 9.17) is 14.6 Å². The predicted octanol–water partition coefficient (Wildman–Crippen LogP) is 4.46. The Kier molecular flexibility index (Phi) is 7.88. The van der Waals surface area contributed by atoms with E-state index in [0.717, 1.165) is 4.47 Å². The molecule has 10 heteroatoms. The quantitative estimate of drug-likeness (QED) is 0.297. The molecule has 1 N–H and O–H groups in total. The summed E-state index contributed by atoms with van der Waals surface area (Å²) in [4.78, 5) is 28.8. The van der Waals surface area contributed by atoms with Crippen LogP contribution >= 0.6 is 38.5 Å². The zero-order valence-electron chi connectivity index (χ0n) is 17.6. The zero-order valence-corrected chi connectivity index (χ0v) is 21.4. The molecule has 8 nitrogen and oxygen atoms in total. The average molecular weight is 614 g/mol. The van der Waals surface area contributed by atoms with Gasteiger partial charge in [0.1, 0.15) is 5.82 Å². The SMILES string of the molecule is CCOc1cc(C=Nn2c(CC)nc3ccc(Br)cc3c2=O)cc(I)c1O[C@H](C)C(=O)O. The van der Waals surface area contributed by atoms with Gasteiger partial charge in [0.25, 0.3) is 5.56 Å². The third-order valence-electron chi connectivity index (χ3n) is 4.49. The number of carboxylic acid groups (broad SMARTS) is 1. The zero-order chi connectivity index (χ0) is 23.4. The van der Waals surface area contributed by atoms with E-state index in [0.29, 0.717) is 50.4 Å². The summed E-state index contributed by atoms with van der Waals surface area (Å²) < 4.78 is 14.0. The molecule has 0 spiro atoms. The summed E-state index contributed by atoms with van der Waals surface area (Å²) in [6, 6.07) is 8.83. The van der Waals surface area contributed by atoms with Crippen LogP contribution in [-0.2, 0) is 11.2 Å². The van der Waals surface area contributed by atoms with E-state index in [-0.39, 0.29) is 5.56 Å². The number of benzene rings is 2. The molecule has 0 aliphatic rings. The van der Waals surface area contributed by atoms with Crippen molar-refractivity contribution in [1.82, 2.24) is 9.66 Å². The van der Waals surface area contributed by atoms with Gasteiger partial charge in [-0.15, -0.1) is 0 Å². The number of nitrogens with zero attached hydrogens (tertiary/aromatic N) is 3. The third-order valence-corrected chi connectivity index (χ3v) is 5.78. The van der Waals surface area contributed by atoms with Crippen LogP contribution in [0.5, 0.6) is 11.5 Å².